The number of nitrogens with one attached hydrogen (secondary N) is 3. The van der Waals surface area contributed by atoms with Crippen LogP contribution in [-0.4, -0.2) is 25.1 Å². The summed E-state index contributed by atoms with van der Waals surface area (Å²) in [6.07, 6.45) is 1.00. The summed E-state index contributed by atoms with van der Waals surface area (Å²) < 4.78 is 26.6. The number of anilines is 2. The minimum Gasteiger partial charge on any atom is -0.326 e. The van der Waals surface area contributed by atoms with Crippen molar-refractivity contribution in [3.05, 3.63) is 56.5 Å². The van der Waals surface area contributed by atoms with E-state index >= 15 is 0 Å². The fraction of sp³-hybridized carbons (Fsp3) is 0.381. The average Bonchev–Trinajstić information content (AvgIpc) is 2.64. The lowest BCUT2D eigenvalue weighted by Gasteiger charge is -2.15. The fourth-order valence-electron chi connectivity index (χ4n) is 3.24. The summed E-state index contributed by atoms with van der Waals surface area (Å²) in [5.74, 6) is -0.235. The zero-order chi connectivity index (χ0) is 22.5. The number of aryl methyl sites for hydroxylation is 1. The standard InChI is InChI=1S/C21H26N4O4S/c1-5-11-30(28,29)25-19-8-6-7-18(14(19)3)24-20(26)10-9-16-13(2)17(12-22)21(27)23-15(16)4/h6-8,25H,5,9-11H2,1-4H3,(H,23,27)(H,24,26). The van der Waals surface area contributed by atoms with Gasteiger partial charge in [-0.05, 0) is 62.4 Å². The van der Waals surface area contributed by atoms with E-state index in [0.29, 0.717) is 41.0 Å². The highest BCUT2D eigenvalue weighted by atomic mass is 32.2. The van der Waals surface area contributed by atoms with Crippen molar-refractivity contribution in [2.45, 2.75) is 47.0 Å². The molecule has 0 fully saturated rings. The Morgan fingerprint density at radius 3 is 2.47 bits per heavy atom. The number of sulfonamides is 1. The summed E-state index contributed by atoms with van der Waals surface area (Å²) in [6, 6.07) is 6.92. The summed E-state index contributed by atoms with van der Waals surface area (Å²) >= 11 is 0. The molecule has 0 unspecified atom stereocenters. The zero-order valence-electron chi connectivity index (χ0n) is 17.5. The minimum atomic E-state index is -3.44. The van der Waals surface area contributed by atoms with Gasteiger partial charge in [0.05, 0.1) is 11.4 Å². The predicted molar refractivity (Wildman–Crippen MR) is 117 cm³/mol. The van der Waals surface area contributed by atoms with Crippen LogP contribution in [0.3, 0.4) is 0 Å². The van der Waals surface area contributed by atoms with E-state index < -0.39 is 15.6 Å². The quantitative estimate of drug-likeness (QED) is 0.592. The van der Waals surface area contributed by atoms with Crippen LogP contribution in [0.15, 0.2) is 23.0 Å². The zero-order valence-corrected chi connectivity index (χ0v) is 18.4. The minimum absolute atomic E-state index is 0.0194. The Morgan fingerprint density at radius 1 is 1.17 bits per heavy atom. The van der Waals surface area contributed by atoms with Gasteiger partial charge in [-0.15, -0.1) is 0 Å². The molecule has 2 rings (SSSR count). The predicted octanol–water partition coefficient (Wildman–Crippen LogP) is 2.89. The third-order valence-corrected chi connectivity index (χ3v) is 6.35. The van der Waals surface area contributed by atoms with Crippen LogP contribution in [0.2, 0.25) is 0 Å². The Balaban J connectivity index is 2.14. The Bertz CT molecular complexity index is 1160. The highest BCUT2D eigenvalue weighted by Crippen LogP contribution is 2.25. The normalized spacial score (nSPS) is 11.0. The van der Waals surface area contributed by atoms with E-state index in [1.165, 1.54) is 0 Å². The molecule has 8 nitrogen and oxygen atoms in total. The number of benzene rings is 1. The second-order valence-electron chi connectivity index (χ2n) is 7.12. The van der Waals surface area contributed by atoms with E-state index in [-0.39, 0.29) is 23.6 Å². The van der Waals surface area contributed by atoms with Crippen LogP contribution in [0.25, 0.3) is 0 Å². The van der Waals surface area contributed by atoms with E-state index in [2.05, 4.69) is 15.0 Å². The maximum atomic E-state index is 12.5. The lowest BCUT2D eigenvalue weighted by Crippen LogP contribution is -2.19. The van der Waals surface area contributed by atoms with E-state index in [1.54, 1.807) is 45.9 Å². The molecule has 0 bridgehead atoms. The van der Waals surface area contributed by atoms with E-state index in [4.69, 9.17) is 5.26 Å². The van der Waals surface area contributed by atoms with E-state index in [9.17, 15) is 18.0 Å². The van der Waals surface area contributed by atoms with Crippen LogP contribution in [-0.2, 0) is 21.2 Å². The molecule has 2 aromatic rings. The molecule has 0 aliphatic carbocycles. The van der Waals surface area contributed by atoms with Crippen molar-refractivity contribution in [3.63, 3.8) is 0 Å². The number of carbonyl (C=O) groups excluding carboxylic acids is 1. The first kappa shape index (κ1) is 23.2. The van der Waals surface area contributed by atoms with Crippen molar-refractivity contribution >= 4 is 27.3 Å². The van der Waals surface area contributed by atoms with Crippen LogP contribution in [0.5, 0.6) is 0 Å². The molecule has 0 spiro atoms. The third-order valence-electron chi connectivity index (χ3n) is 4.87. The lowest BCUT2D eigenvalue weighted by atomic mass is 9.99. The SMILES string of the molecule is CCCS(=O)(=O)Nc1cccc(NC(=O)CCc2c(C)[nH]c(=O)c(C#N)c2C)c1C. The maximum Gasteiger partial charge on any atom is 0.266 e. The maximum absolute atomic E-state index is 12.5. The van der Waals surface area contributed by atoms with Gasteiger partial charge in [0.1, 0.15) is 11.6 Å². The number of amides is 1. The summed E-state index contributed by atoms with van der Waals surface area (Å²) in [5, 5.41) is 12.0. The first-order valence-electron chi connectivity index (χ1n) is 9.62. The number of nitriles is 1. The molecule has 1 aromatic heterocycles. The molecule has 9 heteroatoms. The van der Waals surface area contributed by atoms with Crippen molar-refractivity contribution < 1.29 is 13.2 Å². The largest absolute Gasteiger partial charge is 0.326 e. The van der Waals surface area contributed by atoms with Crippen LogP contribution in [0, 0.1) is 32.1 Å². The van der Waals surface area contributed by atoms with Crippen LogP contribution < -0.4 is 15.6 Å². The smallest absolute Gasteiger partial charge is 0.266 e. The second kappa shape index (κ2) is 9.59. The lowest BCUT2D eigenvalue weighted by molar-refractivity contribution is -0.116. The number of aromatic nitrogens is 1. The summed E-state index contributed by atoms with van der Waals surface area (Å²) in [7, 11) is -3.44. The molecule has 0 saturated heterocycles. The number of hydrogen-bond donors (Lipinski definition) is 3. The highest BCUT2D eigenvalue weighted by Gasteiger charge is 2.15. The molecule has 1 aromatic carbocycles. The van der Waals surface area contributed by atoms with Gasteiger partial charge < -0.3 is 10.3 Å². The van der Waals surface area contributed by atoms with Gasteiger partial charge in [0.25, 0.3) is 5.56 Å². The Morgan fingerprint density at radius 2 is 1.83 bits per heavy atom. The van der Waals surface area contributed by atoms with Crippen molar-refractivity contribution in [2.75, 3.05) is 15.8 Å². The van der Waals surface area contributed by atoms with Gasteiger partial charge in [0.15, 0.2) is 0 Å². The number of nitrogens with zero attached hydrogens (tertiary/aromatic N) is 1. The van der Waals surface area contributed by atoms with Crippen LogP contribution >= 0.6 is 0 Å². The molecule has 0 radical (unpaired) electrons. The van der Waals surface area contributed by atoms with Gasteiger partial charge in [-0.25, -0.2) is 8.42 Å². The van der Waals surface area contributed by atoms with Gasteiger partial charge in [0.2, 0.25) is 15.9 Å². The molecular formula is C21H26N4O4S. The summed E-state index contributed by atoms with van der Waals surface area (Å²) in [5.41, 5.74) is 3.16. The molecule has 0 atom stereocenters. The summed E-state index contributed by atoms with van der Waals surface area (Å²) in [6.45, 7) is 6.95. The first-order valence-corrected chi connectivity index (χ1v) is 11.3. The van der Waals surface area contributed by atoms with Crippen molar-refractivity contribution in [3.8, 4) is 6.07 Å². The Kier molecular flexibility index (Phi) is 7.40. The number of pyridine rings is 1. The molecule has 0 saturated carbocycles. The second-order valence-corrected chi connectivity index (χ2v) is 8.96. The first-order chi connectivity index (χ1) is 14.1. The fourth-order valence-corrected chi connectivity index (χ4v) is 4.44. The summed E-state index contributed by atoms with van der Waals surface area (Å²) in [4.78, 5) is 27.0. The Labute approximate surface area is 176 Å². The van der Waals surface area contributed by atoms with Crippen molar-refractivity contribution in [1.82, 2.24) is 4.98 Å². The molecular weight excluding hydrogens is 404 g/mol. The molecule has 0 aliphatic rings. The molecule has 1 heterocycles. The molecule has 160 valence electrons. The highest BCUT2D eigenvalue weighted by molar-refractivity contribution is 7.92. The van der Waals surface area contributed by atoms with Crippen molar-refractivity contribution in [2.24, 2.45) is 0 Å². The number of aromatic amines is 1. The van der Waals surface area contributed by atoms with Gasteiger partial charge in [-0.3, -0.25) is 14.3 Å². The molecule has 3 N–H and O–H groups in total. The van der Waals surface area contributed by atoms with Crippen molar-refractivity contribution in [1.29, 1.82) is 5.26 Å². The van der Waals surface area contributed by atoms with Gasteiger partial charge in [-0.2, -0.15) is 5.26 Å². The number of rotatable bonds is 8. The average molecular weight is 431 g/mol. The number of hydrogen-bond acceptors (Lipinski definition) is 5. The monoisotopic (exact) mass is 430 g/mol. The number of carbonyl (C=O) groups is 1. The molecule has 1 amide bonds. The van der Waals surface area contributed by atoms with E-state index in [0.717, 1.165) is 5.56 Å². The number of H-pyrrole nitrogens is 1. The van der Waals surface area contributed by atoms with Gasteiger partial charge in [-0.1, -0.05) is 13.0 Å². The van der Waals surface area contributed by atoms with Gasteiger partial charge >= 0.3 is 0 Å². The molecule has 30 heavy (non-hydrogen) atoms. The van der Waals surface area contributed by atoms with Crippen LogP contribution in [0.4, 0.5) is 11.4 Å². The van der Waals surface area contributed by atoms with Crippen LogP contribution in [0.1, 0.15) is 47.7 Å². The topological polar surface area (TPSA) is 132 Å². The van der Waals surface area contributed by atoms with E-state index in [1.807, 2.05) is 6.07 Å². The van der Waals surface area contributed by atoms with Gasteiger partial charge in [0, 0.05) is 17.8 Å². The molecule has 0 aliphatic heterocycles. The Hall–Kier alpha value is -3.12. The third kappa shape index (κ3) is 5.48.